The fraction of sp³-hybridized carbons (Fsp3) is 0.412. The fourth-order valence-corrected chi connectivity index (χ4v) is 3.08. The zero-order valence-electron chi connectivity index (χ0n) is 13.1. The van der Waals surface area contributed by atoms with Gasteiger partial charge < -0.3 is 5.32 Å². The molecular weight excluding hydrogens is 326 g/mol. The zero-order valence-corrected chi connectivity index (χ0v) is 14.7. The molecule has 1 N–H and O–H groups in total. The molecule has 21 heavy (non-hydrogen) atoms. The van der Waals surface area contributed by atoms with Crippen LogP contribution in [0.1, 0.15) is 29.4 Å². The number of benzene rings is 1. The molecule has 0 atom stereocenters. The van der Waals surface area contributed by atoms with Crippen LogP contribution in [0.15, 0.2) is 22.7 Å². The molecule has 0 aliphatic heterocycles. The molecule has 0 saturated heterocycles. The van der Waals surface area contributed by atoms with Crippen molar-refractivity contribution in [2.75, 3.05) is 13.1 Å². The van der Waals surface area contributed by atoms with Gasteiger partial charge in [0.25, 0.3) is 0 Å². The SMILES string of the molecule is CCNCCc1c(C)nc(-c2ccc(C)cc2Br)nc1C. The Morgan fingerprint density at radius 1 is 1.10 bits per heavy atom. The average Bonchev–Trinajstić information content (AvgIpc) is 2.41. The second-order valence-electron chi connectivity index (χ2n) is 5.28. The van der Waals surface area contributed by atoms with E-state index >= 15 is 0 Å². The van der Waals surface area contributed by atoms with Gasteiger partial charge in [0.2, 0.25) is 0 Å². The lowest BCUT2D eigenvalue weighted by atomic mass is 10.1. The lowest BCUT2D eigenvalue weighted by Crippen LogP contribution is -2.17. The summed E-state index contributed by atoms with van der Waals surface area (Å²) in [7, 11) is 0. The molecule has 1 aromatic heterocycles. The molecule has 2 aromatic rings. The second-order valence-corrected chi connectivity index (χ2v) is 6.14. The van der Waals surface area contributed by atoms with Gasteiger partial charge in [0.05, 0.1) is 0 Å². The van der Waals surface area contributed by atoms with Crippen LogP contribution in [-0.2, 0) is 6.42 Å². The Balaban J connectivity index is 2.35. The van der Waals surface area contributed by atoms with Crippen molar-refractivity contribution in [1.29, 1.82) is 0 Å². The summed E-state index contributed by atoms with van der Waals surface area (Å²) < 4.78 is 1.04. The monoisotopic (exact) mass is 347 g/mol. The van der Waals surface area contributed by atoms with Gasteiger partial charge in [-0.25, -0.2) is 9.97 Å². The van der Waals surface area contributed by atoms with Crippen LogP contribution >= 0.6 is 15.9 Å². The minimum absolute atomic E-state index is 0.795. The molecule has 0 spiro atoms. The van der Waals surface area contributed by atoms with Gasteiger partial charge in [0.15, 0.2) is 5.82 Å². The summed E-state index contributed by atoms with van der Waals surface area (Å²) in [4.78, 5) is 9.41. The number of nitrogens with one attached hydrogen (secondary N) is 1. The third-order valence-electron chi connectivity index (χ3n) is 3.59. The Hall–Kier alpha value is -1.26. The molecular formula is C17H22BrN3. The van der Waals surface area contributed by atoms with Gasteiger partial charge in [-0.2, -0.15) is 0 Å². The number of aryl methyl sites for hydroxylation is 3. The van der Waals surface area contributed by atoms with E-state index in [2.05, 4.69) is 67.1 Å². The van der Waals surface area contributed by atoms with E-state index in [9.17, 15) is 0 Å². The lowest BCUT2D eigenvalue weighted by molar-refractivity contribution is 0.708. The lowest BCUT2D eigenvalue weighted by Gasteiger charge is -2.12. The molecule has 0 radical (unpaired) electrons. The summed E-state index contributed by atoms with van der Waals surface area (Å²) in [6, 6.07) is 6.27. The van der Waals surface area contributed by atoms with Crippen molar-refractivity contribution in [2.24, 2.45) is 0 Å². The Bertz CT molecular complexity index is 615. The number of aromatic nitrogens is 2. The highest BCUT2D eigenvalue weighted by molar-refractivity contribution is 9.10. The van der Waals surface area contributed by atoms with E-state index in [1.54, 1.807) is 0 Å². The molecule has 0 saturated carbocycles. The molecule has 1 heterocycles. The van der Waals surface area contributed by atoms with Crippen molar-refractivity contribution in [1.82, 2.24) is 15.3 Å². The van der Waals surface area contributed by atoms with Crippen LogP contribution < -0.4 is 5.32 Å². The van der Waals surface area contributed by atoms with E-state index in [1.807, 2.05) is 0 Å². The standard InChI is InChI=1S/C17H22BrN3/c1-5-19-9-8-14-12(3)20-17(21-13(14)4)15-7-6-11(2)10-16(15)18/h6-7,10,19H,5,8-9H2,1-4H3. The highest BCUT2D eigenvalue weighted by atomic mass is 79.9. The summed E-state index contributed by atoms with van der Waals surface area (Å²) >= 11 is 3.61. The maximum absolute atomic E-state index is 4.70. The van der Waals surface area contributed by atoms with Crippen molar-refractivity contribution < 1.29 is 0 Å². The third kappa shape index (κ3) is 3.89. The van der Waals surface area contributed by atoms with Crippen molar-refractivity contribution in [3.05, 3.63) is 45.2 Å². The van der Waals surface area contributed by atoms with Crippen molar-refractivity contribution in [3.63, 3.8) is 0 Å². The molecule has 112 valence electrons. The van der Waals surface area contributed by atoms with Crippen LogP contribution in [0, 0.1) is 20.8 Å². The summed E-state index contributed by atoms with van der Waals surface area (Å²) in [5.74, 6) is 0.795. The molecule has 0 aliphatic rings. The first-order chi connectivity index (χ1) is 10.0. The first-order valence-corrected chi connectivity index (χ1v) is 8.13. The van der Waals surface area contributed by atoms with Gasteiger partial charge >= 0.3 is 0 Å². The number of hydrogen-bond acceptors (Lipinski definition) is 3. The predicted molar refractivity (Wildman–Crippen MR) is 91.6 cm³/mol. The molecule has 0 bridgehead atoms. The Morgan fingerprint density at radius 3 is 2.33 bits per heavy atom. The second kappa shape index (κ2) is 7.14. The quantitative estimate of drug-likeness (QED) is 0.831. The Kier molecular flexibility index (Phi) is 5.48. The minimum atomic E-state index is 0.795. The van der Waals surface area contributed by atoms with E-state index in [-0.39, 0.29) is 0 Å². The molecule has 2 rings (SSSR count). The molecule has 4 heteroatoms. The average molecular weight is 348 g/mol. The van der Waals surface area contributed by atoms with E-state index < -0.39 is 0 Å². The number of rotatable bonds is 5. The first kappa shape index (κ1) is 16.1. The fourth-order valence-electron chi connectivity index (χ4n) is 2.41. The van der Waals surface area contributed by atoms with E-state index in [4.69, 9.17) is 9.97 Å². The van der Waals surface area contributed by atoms with Gasteiger partial charge in [0, 0.05) is 21.4 Å². The van der Waals surface area contributed by atoms with Gasteiger partial charge in [0.1, 0.15) is 0 Å². The minimum Gasteiger partial charge on any atom is -0.317 e. The normalized spacial score (nSPS) is 10.9. The molecule has 3 nitrogen and oxygen atoms in total. The van der Waals surface area contributed by atoms with Gasteiger partial charge in [-0.15, -0.1) is 0 Å². The number of nitrogens with zero attached hydrogens (tertiary/aromatic N) is 2. The summed E-state index contributed by atoms with van der Waals surface area (Å²) in [5, 5.41) is 3.35. The molecule has 1 aromatic carbocycles. The largest absolute Gasteiger partial charge is 0.317 e. The van der Waals surface area contributed by atoms with Gasteiger partial charge in [-0.1, -0.05) is 28.9 Å². The Labute approximate surface area is 135 Å². The zero-order chi connectivity index (χ0) is 15.4. The van der Waals surface area contributed by atoms with E-state index in [0.717, 1.165) is 46.8 Å². The summed E-state index contributed by atoms with van der Waals surface area (Å²) in [5.41, 5.74) is 5.67. The van der Waals surface area contributed by atoms with Crippen LogP contribution in [0.5, 0.6) is 0 Å². The topological polar surface area (TPSA) is 37.8 Å². The predicted octanol–water partition coefficient (Wildman–Crippen LogP) is 3.98. The Morgan fingerprint density at radius 2 is 1.76 bits per heavy atom. The van der Waals surface area contributed by atoms with Crippen molar-refractivity contribution in [3.8, 4) is 11.4 Å². The summed E-state index contributed by atoms with van der Waals surface area (Å²) in [6.45, 7) is 10.3. The molecule has 0 amide bonds. The van der Waals surface area contributed by atoms with Crippen LogP contribution in [0.25, 0.3) is 11.4 Å². The van der Waals surface area contributed by atoms with Crippen molar-refractivity contribution in [2.45, 2.75) is 34.1 Å². The van der Waals surface area contributed by atoms with Gasteiger partial charge in [-0.05, 0) is 63.5 Å². The summed E-state index contributed by atoms with van der Waals surface area (Å²) in [6.07, 6.45) is 0.973. The van der Waals surface area contributed by atoms with Crippen LogP contribution in [0.2, 0.25) is 0 Å². The molecule has 0 aliphatic carbocycles. The van der Waals surface area contributed by atoms with E-state index in [0.29, 0.717) is 0 Å². The van der Waals surface area contributed by atoms with E-state index in [1.165, 1.54) is 11.1 Å². The number of halogens is 1. The number of hydrogen-bond donors (Lipinski definition) is 1. The maximum atomic E-state index is 4.70. The third-order valence-corrected chi connectivity index (χ3v) is 4.24. The highest BCUT2D eigenvalue weighted by Gasteiger charge is 2.12. The number of likely N-dealkylation sites (N-methyl/N-ethyl adjacent to an activating group) is 1. The molecule has 0 unspecified atom stereocenters. The van der Waals surface area contributed by atoms with Crippen molar-refractivity contribution >= 4 is 15.9 Å². The van der Waals surface area contributed by atoms with Crippen LogP contribution in [0.4, 0.5) is 0 Å². The van der Waals surface area contributed by atoms with Crippen LogP contribution in [0.3, 0.4) is 0 Å². The van der Waals surface area contributed by atoms with Crippen LogP contribution in [-0.4, -0.2) is 23.1 Å². The smallest absolute Gasteiger partial charge is 0.160 e. The molecule has 0 fully saturated rings. The maximum Gasteiger partial charge on any atom is 0.160 e. The highest BCUT2D eigenvalue weighted by Crippen LogP contribution is 2.27. The first-order valence-electron chi connectivity index (χ1n) is 7.34. The van der Waals surface area contributed by atoms with Gasteiger partial charge in [-0.3, -0.25) is 0 Å².